The van der Waals surface area contributed by atoms with E-state index in [1.807, 2.05) is 17.9 Å². The van der Waals surface area contributed by atoms with Crippen molar-refractivity contribution in [2.24, 2.45) is 7.05 Å². The Kier molecular flexibility index (Phi) is 5.22. The summed E-state index contributed by atoms with van der Waals surface area (Å²) in [4.78, 5) is 2.68. The van der Waals surface area contributed by atoms with Gasteiger partial charge in [0.05, 0.1) is 5.69 Å². The van der Waals surface area contributed by atoms with Crippen molar-refractivity contribution in [2.45, 2.75) is 58.0 Å². The van der Waals surface area contributed by atoms with Crippen LogP contribution in [0.25, 0.3) is 0 Å². The molecule has 2 unspecified atom stereocenters. The predicted molar refractivity (Wildman–Crippen MR) is 83.9 cm³/mol. The molecule has 0 radical (unpaired) electrons. The molecule has 1 aromatic rings. The van der Waals surface area contributed by atoms with Crippen LogP contribution < -0.4 is 5.32 Å². The standard InChI is InChI=1S/C16H30N4/c1-5-16(3,20-10-7-8-11-20)15(17-6-2)13-14-9-12-19(4)18-14/h9,12,15,17H,5-8,10-11,13H2,1-4H3. The lowest BCUT2D eigenvalue weighted by atomic mass is 9.84. The van der Waals surface area contributed by atoms with Crippen LogP contribution in [0.5, 0.6) is 0 Å². The van der Waals surface area contributed by atoms with E-state index in [1.54, 1.807) is 0 Å². The molecule has 0 aliphatic carbocycles. The molecular formula is C16H30N4. The zero-order chi connectivity index (χ0) is 14.6. The summed E-state index contributed by atoms with van der Waals surface area (Å²) >= 11 is 0. The maximum atomic E-state index is 4.57. The number of aryl methyl sites for hydroxylation is 1. The molecule has 0 saturated carbocycles. The highest BCUT2D eigenvalue weighted by atomic mass is 15.3. The molecule has 2 heterocycles. The average molecular weight is 278 g/mol. The zero-order valence-electron chi connectivity index (χ0n) is 13.5. The normalized spacial score (nSPS) is 21.0. The van der Waals surface area contributed by atoms with Gasteiger partial charge in [-0.25, -0.2) is 0 Å². The first-order valence-corrected chi connectivity index (χ1v) is 8.07. The van der Waals surface area contributed by atoms with Gasteiger partial charge in [-0.05, 0) is 51.9 Å². The van der Waals surface area contributed by atoms with Crippen LogP contribution >= 0.6 is 0 Å². The first kappa shape index (κ1) is 15.5. The summed E-state index contributed by atoms with van der Waals surface area (Å²) in [7, 11) is 1.99. The Labute approximate surface area is 123 Å². The zero-order valence-corrected chi connectivity index (χ0v) is 13.5. The highest BCUT2D eigenvalue weighted by Crippen LogP contribution is 2.29. The summed E-state index contributed by atoms with van der Waals surface area (Å²) in [6, 6.07) is 2.61. The SMILES string of the molecule is CCNC(Cc1ccn(C)n1)C(C)(CC)N1CCCC1. The minimum atomic E-state index is 0.226. The number of aromatic nitrogens is 2. The Morgan fingerprint density at radius 1 is 1.35 bits per heavy atom. The van der Waals surface area contributed by atoms with Crippen LogP contribution in [0.3, 0.4) is 0 Å². The molecule has 1 fully saturated rings. The number of hydrogen-bond acceptors (Lipinski definition) is 3. The molecule has 1 saturated heterocycles. The summed E-state index contributed by atoms with van der Waals surface area (Å²) in [5, 5.41) is 8.28. The second-order valence-corrected chi connectivity index (χ2v) is 6.20. The highest BCUT2D eigenvalue weighted by molar-refractivity contribution is 5.07. The van der Waals surface area contributed by atoms with E-state index in [-0.39, 0.29) is 5.54 Å². The Morgan fingerprint density at radius 2 is 2.05 bits per heavy atom. The maximum Gasteiger partial charge on any atom is 0.0640 e. The number of nitrogens with one attached hydrogen (secondary N) is 1. The van der Waals surface area contributed by atoms with Gasteiger partial charge in [0.1, 0.15) is 0 Å². The maximum absolute atomic E-state index is 4.57. The van der Waals surface area contributed by atoms with Crippen LogP contribution in [0.15, 0.2) is 12.3 Å². The molecule has 1 aliphatic heterocycles. The van der Waals surface area contributed by atoms with E-state index in [1.165, 1.54) is 38.0 Å². The Bertz CT molecular complexity index is 408. The number of likely N-dealkylation sites (N-methyl/N-ethyl adjacent to an activating group) is 1. The first-order chi connectivity index (χ1) is 9.60. The average Bonchev–Trinajstić information content (AvgIpc) is 3.09. The summed E-state index contributed by atoms with van der Waals surface area (Å²) in [6.07, 6.45) is 6.92. The van der Waals surface area contributed by atoms with Crippen LogP contribution in [0, 0.1) is 0 Å². The van der Waals surface area contributed by atoms with Crippen LogP contribution in [-0.2, 0) is 13.5 Å². The summed E-state index contributed by atoms with van der Waals surface area (Å²) in [6.45, 7) is 10.4. The molecule has 1 aliphatic rings. The molecule has 0 aromatic carbocycles. The smallest absolute Gasteiger partial charge is 0.0640 e. The van der Waals surface area contributed by atoms with Gasteiger partial charge >= 0.3 is 0 Å². The number of likely N-dealkylation sites (tertiary alicyclic amines) is 1. The minimum Gasteiger partial charge on any atom is -0.312 e. The van der Waals surface area contributed by atoms with Gasteiger partial charge in [0.25, 0.3) is 0 Å². The largest absolute Gasteiger partial charge is 0.312 e. The topological polar surface area (TPSA) is 33.1 Å². The van der Waals surface area contributed by atoms with Gasteiger partial charge in [0, 0.05) is 31.2 Å². The molecule has 1 N–H and O–H groups in total. The van der Waals surface area contributed by atoms with E-state index < -0.39 is 0 Å². The van der Waals surface area contributed by atoms with E-state index >= 15 is 0 Å². The lowest BCUT2D eigenvalue weighted by Crippen LogP contribution is -2.59. The van der Waals surface area contributed by atoms with Gasteiger partial charge in [0.15, 0.2) is 0 Å². The third kappa shape index (κ3) is 3.23. The van der Waals surface area contributed by atoms with Crippen molar-refractivity contribution in [1.82, 2.24) is 20.0 Å². The molecule has 0 amide bonds. The van der Waals surface area contributed by atoms with Crippen molar-refractivity contribution >= 4 is 0 Å². The van der Waals surface area contributed by atoms with Gasteiger partial charge in [-0.3, -0.25) is 9.58 Å². The number of hydrogen-bond donors (Lipinski definition) is 1. The van der Waals surface area contributed by atoms with Crippen LogP contribution in [0.2, 0.25) is 0 Å². The van der Waals surface area contributed by atoms with Crippen molar-refractivity contribution in [1.29, 1.82) is 0 Å². The molecule has 2 rings (SSSR count). The lowest BCUT2D eigenvalue weighted by molar-refractivity contribution is 0.0842. The fourth-order valence-electron chi connectivity index (χ4n) is 3.46. The molecule has 114 valence electrons. The summed E-state index contributed by atoms with van der Waals surface area (Å²) < 4.78 is 1.90. The molecule has 0 bridgehead atoms. The monoisotopic (exact) mass is 278 g/mol. The first-order valence-electron chi connectivity index (χ1n) is 8.07. The second-order valence-electron chi connectivity index (χ2n) is 6.20. The number of nitrogens with zero attached hydrogens (tertiary/aromatic N) is 3. The van der Waals surface area contributed by atoms with Crippen molar-refractivity contribution in [3.05, 3.63) is 18.0 Å². The van der Waals surface area contributed by atoms with Crippen molar-refractivity contribution < 1.29 is 0 Å². The van der Waals surface area contributed by atoms with Gasteiger partial charge < -0.3 is 5.32 Å². The number of rotatable bonds is 7. The third-order valence-corrected chi connectivity index (χ3v) is 4.93. The van der Waals surface area contributed by atoms with E-state index in [9.17, 15) is 0 Å². The molecule has 2 atom stereocenters. The summed E-state index contributed by atoms with van der Waals surface area (Å²) in [5.74, 6) is 0. The molecule has 4 nitrogen and oxygen atoms in total. The van der Waals surface area contributed by atoms with Crippen LogP contribution in [0.1, 0.15) is 45.7 Å². The Morgan fingerprint density at radius 3 is 2.55 bits per heavy atom. The lowest BCUT2D eigenvalue weighted by Gasteiger charge is -2.45. The van der Waals surface area contributed by atoms with Gasteiger partial charge in [0.2, 0.25) is 0 Å². The van der Waals surface area contributed by atoms with Crippen LogP contribution in [-0.4, -0.2) is 45.9 Å². The molecular weight excluding hydrogens is 248 g/mol. The van der Waals surface area contributed by atoms with E-state index in [0.29, 0.717) is 6.04 Å². The van der Waals surface area contributed by atoms with Gasteiger partial charge in [-0.2, -0.15) is 5.10 Å². The predicted octanol–water partition coefficient (Wildman–Crippen LogP) is 2.21. The van der Waals surface area contributed by atoms with Crippen molar-refractivity contribution in [2.75, 3.05) is 19.6 Å². The molecule has 4 heteroatoms. The molecule has 1 aromatic heterocycles. The second kappa shape index (κ2) is 6.72. The van der Waals surface area contributed by atoms with E-state index in [4.69, 9.17) is 0 Å². The van der Waals surface area contributed by atoms with E-state index in [2.05, 4.69) is 42.2 Å². The highest BCUT2D eigenvalue weighted by Gasteiger charge is 2.39. The fraction of sp³-hybridized carbons (Fsp3) is 0.812. The van der Waals surface area contributed by atoms with Crippen LogP contribution in [0.4, 0.5) is 0 Å². The molecule has 0 spiro atoms. The van der Waals surface area contributed by atoms with Gasteiger partial charge in [-0.15, -0.1) is 0 Å². The molecule has 20 heavy (non-hydrogen) atoms. The Balaban J connectivity index is 2.15. The Hall–Kier alpha value is -0.870. The van der Waals surface area contributed by atoms with E-state index in [0.717, 1.165) is 13.0 Å². The third-order valence-electron chi connectivity index (χ3n) is 4.93. The van der Waals surface area contributed by atoms with Gasteiger partial charge in [-0.1, -0.05) is 13.8 Å². The summed E-state index contributed by atoms with van der Waals surface area (Å²) in [5.41, 5.74) is 1.42. The fourth-order valence-corrected chi connectivity index (χ4v) is 3.46. The minimum absolute atomic E-state index is 0.226. The quantitative estimate of drug-likeness (QED) is 0.830. The van der Waals surface area contributed by atoms with Crippen molar-refractivity contribution in [3.63, 3.8) is 0 Å². The van der Waals surface area contributed by atoms with Crippen molar-refractivity contribution in [3.8, 4) is 0 Å².